The van der Waals surface area contributed by atoms with Crippen LogP contribution in [0.15, 0.2) is 124 Å². The number of rotatable bonds is 6. The second-order valence-electron chi connectivity index (χ2n) is 10.4. The molecular weight excluding hydrogens is 523 g/mol. The van der Waals surface area contributed by atoms with Crippen molar-refractivity contribution in [3.8, 4) is 5.75 Å². The van der Waals surface area contributed by atoms with E-state index in [-0.39, 0.29) is 4.90 Å². The summed E-state index contributed by atoms with van der Waals surface area (Å²) in [7, 11) is -5.44. The molecule has 200 valence electrons. The third-order valence-corrected chi connectivity index (χ3v) is 12.0. The van der Waals surface area contributed by atoms with Gasteiger partial charge in [0, 0.05) is 35.0 Å². The number of anilines is 1. The fraction of sp³-hybridized carbons (Fsp3) is 0.188. The summed E-state index contributed by atoms with van der Waals surface area (Å²) in [5.74, 6) is 2.59. The van der Waals surface area contributed by atoms with Crippen molar-refractivity contribution in [1.82, 2.24) is 0 Å². The molecule has 4 aromatic carbocycles. The van der Waals surface area contributed by atoms with Crippen LogP contribution < -0.4 is 14.7 Å². The molecule has 0 unspecified atom stereocenters. The first-order chi connectivity index (χ1) is 18.5. The summed E-state index contributed by atoms with van der Waals surface area (Å²) in [5, 5.41) is 0.719. The molecule has 0 bridgehead atoms. The van der Waals surface area contributed by atoms with Gasteiger partial charge in [-0.05, 0) is 61.4 Å². The number of fused-ring (bicyclic) bond motifs is 1. The van der Waals surface area contributed by atoms with Crippen LogP contribution in [0.1, 0.15) is 30.5 Å². The number of para-hydroxylation sites is 2. The smallest absolute Gasteiger partial charge is 0.284 e. The fourth-order valence-corrected chi connectivity index (χ4v) is 10.1. The van der Waals surface area contributed by atoms with Gasteiger partial charge in [-0.1, -0.05) is 86.1 Å². The quantitative estimate of drug-likeness (QED) is 0.228. The van der Waals surface area contributed by atoms with Crippen molar-refractivity contribution in [3.05, 3.63) is 131 Å². The minimum Gasteiger partial charge on any atom is -0.451 e. The molecule has 0 saturated carbocycles. The van der Waals surface area contributed by atoms with E-state index in [4.69, 9.17) is 8.67 Å². The number of likely N-dealkylation sites (N-methyl/N-ethyl adjacent to an activating group) is 1. The van der Waals surface area contributed by atoms with Crippen LogP contribution in [0.5, 0.6) is 5.75 Å². The number of benzene rings is 4. The average molecular weight is 557 g/mol. The molecular formula is C32H33N2O3PS. The van der Waals surface area contributed by atoms with Crippen molar-refractivity contribution in [1.29, 1.82) is 0 Å². The zero-order valence-electron chi connectivity index (χ0n) is 22.9. The number of nitrogens with zero attached hydrogens (tertiary/aromatic N) is 2. The molecule has 5 nitrogen and oxygen atoms in total. The van der Waals surface area contributed by atoms with Gasteiger partial charge in [-0.25, -0.2) is 0 Å². The average Bonchev–Trinajstić information content (AvgIpc) is 3.11. The van der Waals surface area contributed by atoms with Crippen LogP contribution in [0.4, 0.5) is 5.69 Å². The van der Waals surface area contributed by atoms with E-state index >= 15 is 0 Å². The molecule has 7 heteroatoms. The Morgan fingerprint density at radius 3 is 2.10 bits per heavy atom. The number of aryl methyl sites for hydroxylation is 2. The van der Waals surface area contributed by atoms with Gasteiger partial charge in [-0.3, -0.25) is 0 Å². The minimum absolute atomic E-state index is 0.141. The van der Waals surface area contributed by atoms with E-state index in [1.807, 2.05) is 93.4 Å². The summed E-state index contributed by atoms with van der Waals surface area (Å²) in [6, 6.07) is 32.2. The normalized spacial score (nSPS) is 16.9. The van der Waals surface area contributed by atoms with Gasteiger partial charge in [0.1, 0.15) is 5.75 Å². The largest absolute Gasteiger partial charge is 0.451 e. The standard InChI is InChI=1S/C32H33N2O3PS/c1-24-19-21-27(22-20-24)39(35,36)33-38(26-14-7-6-8-15-26,37-30-18-12-9-13-25(30)2)23-31-32(3,4)28-16-10-11-17-29(28)34(31)5/h6-23H,1-5H3/b31-23-/t38-/m1/s1. The molecule has 0 aliphatic carbocycles. The van der Waals surface area contributed by atoms with Crippen LogP contribution in [0.3, 0.4) is 0 Å². The van der Waals surface area contributed by atoms with E-state index in [9.17, 15) is 8.42 Å². The highest BCUT2D eigenvalue weighted by Gasteiger charge is 2.41. The predicted octanol–water partition coefficient (Wildman–Crippen LogP) is 7.78. The van der Waals surface area contributed by atoms with Crippen LogP contribution in [0.2, 0.25) is 0 Å². The minimum atomic E-state index is -4.09. The third kappa shape index (κ3) is 5.07. The van der Waals surface area contributed by atoms with E-state index in [1.54, 1.807) is 24.3 Å². The van der Waals surface area contributed by atoms with Crippen molar-refractivity contribution >= 4 is 28.3 Å². The van der Waals surface area contributed by atoms with E-state index < -0.39 is 22.7 Å². The Kier molecular flexibility index (Phi) is 7.04. The lowest BCUT2D eigenvalue weighted by Crippen LogP contribution is -2.24. The van der Waals surface area contributed by atoms with Crippen LogP contribution in [-0.4, -0.2) is 15.5 Å². The van der Waals surface area contributed by atoms with Crippen LogP contribution >= 0.6 is 7.28 Å². The number of sulfonamides is 1. The Bertz CT molecular complexity index is 1710. The van der Waals surface area contributed by atoms with E-state index in [1.165, 1.54) is 5.56 Å². The van der Waals surface area contributed by atoms with Gasteiger partial charge in [0.2, 0.25) is 7.28 Å². The lowest BCUT2D eigenvalue weighted by Gasteiger charge is -2.29. The number of allylic oxidation sites excluding steroid dienone is 1. The molecule has 0 N–H and O–H groups in total. The topological polar surface area (TPSA) is 59.0 Å². The SMILES string of the molecule is Cc1ccc(S(=O)(=O)N=[P@](/C=C2\N(C)c3ccccc3C2(C)C)(Oc2ccccc2C)c2ccccc2)cc1. The molecule has 0 spiro atoms. The summed E-state index contributed by atoms with van der Waals surface area (Å²) < 4.78 is 39.6. The highest BCUT2D eigenvalue weighted by Crippen LogP contribution is 2.58. The number of hydrogen-bond donors (Lipinski definition) is 0. The fourth-order valence-electron chi connectivity index (χ4n) is 5.00. The lowest BCUT2D eigenvalue weighted by atomic mass is 9.84. The first kappa shape index (κ1) is 27.0. The van der Waals surface area contributed by atoms with Crippen molar-refractivity contribution in [2.24, 2.45) is 4.15 Å². The Labute approximate surface area is 232 Å². The van der Waals surface area contributed by atoms with Crippen LogP contribution in [0, 0.1) is 13.8 Å². The zero-order chi connectivity index (χ0) is 27.8. The van der Waals surface area contributed by atoms with Gasteiger partial charge in [0.25, 0.3) is 10.0 Å². The second-order valence-corrected chi connectivity index (χ2v) is 14.7. The highest BCUT2D eigenvalue weighted by molar-refractivity contribution is 7.95. The maximum atomic E-state index is 14.0. The Balaban J connectivity index is 1.85. The Hall–Kier alpha value is -3.60. The van der Waals surface area contributed by atoms with Gasteiger partial charge in [-0.2, -0.15) is 8.42 Å². The first-order valence-corrected chi connectivity index (χ1v) is 16.0. The molecule has 1 aliphatic heterocycles. The first-order valence-electron chi connectivity index (χ1n) is 12.9. The van der Waals surface area contributed by atoms with Crippen molar-refractivity contribution in [3.63, 3.8) is 0 Å². The molecule has 0 aromatic heterocycles. The van der Waals surface area contributed by atoms with Crippen LogP contribution in [0.25, 0.3) is 0 Å². The Morgan fingerprint density at radius 2 is 1.44 bits per heavy atom. The molecule has 4 aromatic rings. The van der Waals surface area contributed by atoms with E-state index in [0.717, 1.165) is 27.8 Å². The van der Waals surface area contributed by atoms with Gasteiger partial charge in [0.15, 0.2) is 0 Å². The summed E-state index contributed by atoms with van der Waals surface area (Å²) in [5.41, 5.74) is 4.67. The molecule has 0 saturated heterocycles. The maximum absolute atomic E-state index is 14.0. The zero-order valence-corrected chi connectivity index (χ0v) is 24.6. The Morgan fingerprint density at radius 1 is 0.821 bits per heavy atom. The van der Waals surface area contributed by atoms with Gasteiger partial charge >= 0.3 is 0 Å². The van der Waals surface area contributed by atoms with Crippen molar-refractivity contribution in [2.45, 2.75) is 38.0 Å². The summed E-state index contributed by atoms with van der Waals surface area (Å²) >= 11 is 0. The molecule has 1 atom stereocenters. The van der Waals surface area contributed by atoms with E-state index in [0.29, 0.717) is 5.75 Å². The highest BCUT2D eigenvalue weighted by atomic mass is 32.2. The number of hydrogen-bond acceptors (Lipinski definition) is 4. The molecule has 0 fully saturated rings. The maximum Gasteiger partial charge on any atom is 0.284 e. The molecule has 0 amide bonds. The van der Waals surface area contributed by atoms with Crippen LogP contribution in [-0.2, 0) is 15.4 Å². The lowest BCUT2D eigenvalue weighted by molar-refractivity contribution is 0.592. The third-order valence-electron chi connectivity index (χ3n) is 7.24. The van der Waals surface area contributed by atoms with Crippen molar-refractivity contribution in [2.75, 3.05) is 11.9 Å². The summed E-state index contributed by atoms with van der Waals surface area (Å²) in [4.78, 5) is 2.27. The van der Waals surface area contributed by atoms with Gasteiger partial charge in [0.05, 0.1) is 4.90 Å². The summed E-state index contributed by atoms with van der Waals surface area (Å²) in [6.07, 6.45) is 0. The molecule has 0 radical (unpaired) electrons. The second kappa shape index (κ2) is 10.2. The monoisotopic (exact) mass is 556 g/mol. The van der Waals surface area contributed by atoms with E-state index in [2.05, 4.69) is 30.9 Å². The molecule has 5 rings (SSSR count). The molecule has 1 heterocycles. The molecule has 39 heavy (non-hydrogen) atoms. The molecule has 1 aliphatic rings. The van der Waals surface area contributed by atoms with Gasteiger partial charge < -0.3 is 9.42 Å². The van der Waals surface area contributed by atoms with Gasteiger partial charge in [-0.15, -0.1) is 4.15 Å². The summed E-state index contributed by atoms with van der Waals surface area (Å²) in [6.45, 7) is 8.19. The van der Waals surface area contributed by atoms with Crippen molar-refractivity contribution < 1.29 is 12.9 Å². The predicted molar refractivity (Wildman–Crippen MR) is 162 cm³/mol.